The van der Waals surface area contributed by atoms with Gasteiger partial charge in [0.05, 0.1) is 0 Å². The lowest BCUT2D eigenvalue weighted by molar-refractivity contribution is -0.133. The molecule has 2 aliphatic carbocycles. The number of hydrogen-bond acceptors (Lipinski definition) is 2. The summed E-state index contributed by atoms with van der Waals surface area (Å²) in [6.07, 6.45) is 4.26. The minimum absolute atomic E-state index is 0.0753. The zero-order chi connectivity index (χ0) is 11.1. The smallest absolute Gasteiger partial charge is 0.226 e. The van der Waals surface area contributed by atoms with Crippen LogP contribution in [0.4, 0.5) is 0 Å². The molecule has 4 nitrogen and oxygen atoms in total. The van der Waals surface area contributed by atoms with Gasteiger partial charge in [0.25, 0.3) is 0 Å². The van der Waals surface area contributed by atoms with Gasteiger partial charge in [-0.3, -0.25) is 9.59 Å². The van der Waals surface area contributed by atoms with Gasteiger partial charge in [-0.15, -0.1) is 0 Å². The van der Waals surface area contributed by atoms with Crippen LogP contribution in [0.15, 0.2) is 0 Å². The molecule has 1 N–H and O–H groups in total. The van der Waals surface area contributed by atoms with E-state index in [1.165, 1.54) is 19.3 Å². The summed E-state index contributed by atoms with van der Waals surface area (Å²) in [5.41, 5.74) is 0. The van der Waals surface area contributed by atoms with E-state index in [-0.39, 0.29) is 5.91 Å². The number of rotatable bonds is 1. The van der Waals surface area contributed by atoms with E-state index in [2.05, 4.69) is 5.32 Å². The summed E-state index contributed by atoms with van der Waals surface area (Å²) in [4.78, 5) is 25.3. The Morgan fingerprint density at radius 3 is 2.75 bits per heavy atom. The summed E-state index contributed by atoms with van der Waals surface area (Å²) < 4.78 is 0. The number of fused-ring (bicyclic) bond motifs is 1. The molecule has 0 bridgehead atoms. The van der Waals surface area contributed by atoms with Crippen molar-refractivity contribution in [2.24, 2.45) is 17.8 Å². The maximum absolute atomic E-state index is 12.2. The molecular formula is C12H18N2O2. The molecule has 0 aromatic rings. The number of amides is 2. The molecule has 1 saturated heterocycles. The molecule has 3 fully saturated rings. The third kappa shape index (κ3) is 1.60. The molecule has 0 spiro atoms. The van der Waals surface area contributed by atoms with Gasteiger partial charge in [-0.25, -0.2) is 0 Å². The summed E-state index contributed by atoms with van der Waals surface area (Å²) in [5, 5.41) is 2.81. The second-order valence-corrected chi connectivity index (χ2v) is 5.21. The van der Waals surface area contributed by atoms with E-state index < -0.39 is 0 Å². The van der Waals surface area contributed by atoms with Crippen LogP contribution in [0, 0.1) is 17.8 Å². The first-order valence-electron chi connectivity index (χ1n) is 6.33. The van der Waals surface area contributed by atoms with Crippen LogP contribution in [0.5, 0.6) is 0 Å². The molecule has 3 aliphatic rings. The van der Waals surface area contributed by atoms with Gasteiger partial charge in [-0.2, -0.15) is 0 Å². The average molecular weight is 222 g/mol. The van der Waals surface area contributed by atoms with Crippen LogP contribution in [0.1, 0.15) is 25.7 Å². The van der Waals surface area contributed by atoms with Gasteiger partial charge in [-0.1, -0.05) is 6.42 Å². The lowest BCUT2D eigenvalue weighted by Gasteiger charge is -2.20. The van der Waals surface area contributed by atoms with Crippen LogP contribution in [-0.2, 0) is 9.59 Å². The summed E-state index contributed by atoms with van der Waals surface area (Å²) in [6, 6.07) is 0. The van der Waals surface area contributed by atoms with Gasteiger partial charge in [0.2, 0.25) is 11.8 Å². The lowest BCUT2D eigenvalue weighted by Crippen LogP contribution is -2.36. The van der Waals surface area contributed by atoms with Crippen LogP contribution < -0.4 is 5.32 Å². The van der Waals surface area contributed by atoms with Gasteiger partial charge < -0.3 is 10.2 Å². The van der Waals surface area contributed by atoms with Crippen molar-refractivity contribution in [2.75, 3.05) is 19.6 Å². The Kier molecular flexibility index (Phi) is 2.37. The maximum Gasteiger partial charge on any atom is 0.226 e. The zero-order valence-corrected chi connectivity index (χ0v) is 9.45. The normalized spacial score (nSPS) is 37.6. The molecule has 16 heavy (non-hydrogen) atoms. The van der Waals surface area contributed by atoms with E-state index in [1.807, 2.05) is 4.90 Å². The minimum atomic E-state index is 0.0753. The van der Waals surface area contributed by atoms with Crippen molar-refractivity contribution in [3.63, 3.8) is 0 Å². The second-order valence-electron chi connectivity index (χ2n) is 5.21. The third-order valence-corrected chi connectivity index (χ3v) is 4.32. The number of nitrogens with one attached hydrogen (secondary N) is 1. The topological polar surface area (TPSA) is 49.4 Å². The highest BCUT2D eigenvalue weighted by Crippen LogP contribution is 2.58. The second kappa shape index (κ2) is 3.75. The first kappa shape index (κ1) is 10.1. The highest BCUT2D eigenvalue weighted by Gasteiger charge is 2.57. The molecule has 2 atom stereocenters. The van der Waals surface area contributed by atoms with E-state index >= 15 is 0 Å². The summed E-state index contributed by atoms with van der Waals surface area (Å²) in [5.74, 6) is 2.05. The fourth-order valence-electron chi connectivity index (χ4n) is 3.39. The fourth-order valence-corrected chi connectivity index (χ4v) is 3.39. The van der Waals surface area contributed by atoms with Crippen molar-refractivity contribution in [3.8, 4) is 0 Å². The maximum atomic E-state index is 12.2. The molecule has 88 valence electrons. The molecule has 3 rings (SSSR count). The first-order valence-corrected chi connectivity index (χ1v) is 6.33. The van der Waals surface area contributed by atoms with Crippen LogP contribution in [0.2, 0.25) is 0 Å². The molecule has 2 saturated carbocycles. The number of carbonyl (C=O) groups is 2. The van der Waals surface area contributed by atoms with Crippen molar-refractivity contribution in [3.05, 3.63) is 0 Å². The average Bonchev–Trinajstić information content (AvgIpc) is 2.85. The largest absolute Gasteiger partial charge is 0.354 e. The molecule has 1 aliphatic heterocycles. The highest BCUT2D eigenvalue weighted by molar-refractivity contribution is 5.84. The predicted molar refractivity (Wildman–Crippen MR) is 58.5 cm³/mol. The van der Waals surface area contributed by atoms with Gasteiger partial charge in [0, 0.05) is 32.0 Å². The minimum Gasteiger partial charge on any atom is -0.354 e. The standard InChI is InChI=1S/C12H18N2O2/c15-10-4-6-14(7-5-13-10)12(16)11-8-2-1-3-9(8)11/h8-9,11H,1-7H2,(H,13,15). The monoisotopic (exact) mass is 222 g/mol. The molecular weight excluding hydrogens is 204 g/mol. The molecule has 2 unspecified atom stereocenters. The van der Waals surface area contributed by atoms with Crippen molar-refractivity contribution >= 4 is 11.8 Å². The SMILES string of the molecule is O=C1CCN(C(=O)C2C3CCCC32)CCN1. The molecule has 2 amide bonds. The molecule has 1 heterocycles. The lowest BCUT2D eigenvalue weighted by atomic mass is 10.1. The molecule has 0 aromatic heterocycles. The van der Waals surface area contributed by atoms with E-state index in [0.717, 1.165) is 0 Å². The number of hydrogen-bond donors (Lipinski definition) is 1. The molecule has 4 heteroatoms. The van der Waals surface area contributed by atoms with Crippen LogP contribution in [0.3, 0.4) is 0 Å². The summed E-state index contributed by atoms with van der Waals surface area (Å²) in [7, 11) is 0. The Morgan fingerprint density at radius 1 is 1.25 bits per heavy atom. The third-order valence-electron chi connectivity index (χ3n) is 4.32. The zero-order valence-electron chi connectivity index (χ0n) is 9.45. The van der Waals surface area contributed by atoms with E-state index in [0.29, 0.717) is 49.7 Å². The van der Waals surface area contributed by atoms with Gasteiger partial charge >= 0.3 is 0 Å². The Bertz CT molecular complexity index is 319. The van der Waals surface area contributed by atoms with Gasteiger partial charge in [0.1, 0.15) is 0 Å². The van der Waals surface area contributed by atoms with Crippen molar-refractivity contribution < 1.29 is 9.59 Å². The highest BCUT2D eigenvalue weighted by atomic mass is 16.2. The van der Waals surface area contributed by atoms with Crippen LogP contribution in [0.25, 0.3) is 0 Å². The molecule has 0 radical (unpaired) electrons. The summed E-state index contributed by atoms with van der Waals surface area (Å²) in [6.45, 7) is 1.92. The Balaban J connectivity index is 1.60. The van der Waals surface area contributed by atoms with E-state index in [1.54, 1.807) is 0 Å². The van der Waals surface area contributed by atoms with Crippen molar-refractivity contribution in [1.29, 1.82) is 0 Å². The van der Waals surface area contributed by atoms with Crippen molar-refractivity contribution in [1.82, 2.24) is 10.2 Å². The Morgan fingerprint density at radius 2 is 2.00 bits per heavy atom. The first-order chi connectivity index (χ1) is 7.77. The van der Waals surface area contributed by atoms with Crippen LogP contribution >= 0.6 is 0 Å². The van der Waals surface area contributed by atoms with Gasteiger partial charge in [0.15, 0.2) is 0 Å². The molecule has 0 aromatic carbocycles. The Labute approximate surface area is 95.4 Å². The number of carbonyl (C=O) groups excluding carboxylic acids is 2. The van der Waals surface area contributed by atoms with Crippen molar-refractivity contribution in [2.45, 2.75) is 25.7 Å². The summed E-state index contributed by atoms with van der Waals surface area (Å²) >= 11 is 0. The van der Waals surface area contributed by atoms with Gasteiger partial charge in [-0.05, 0) is 24.7 Å². The Hall–Kier alpha value is -1.06. The predicted octanol–water partition coefficient (Wildman–Crippen LogP) is 0.381. The number of nitrogens with zero attached hydrogens (tertiary/aromatic N) is 1. The fraction of sp³-hybridized carbons (Fsp3) is 0.833. The van der Waals surface area contributed by atoms with Crippen LogP contribution in [-0.4, -0.2) is 36.3 Å². The quantitative estimate of drug-likeness (QED) is 0.697. The van der Waals surface area contributed by atoms with E-state index in [4.69, 9.17) is 0 Å². The van der Waals surface area contributed by atoms with E-state index in [9.17, 15) is 9.59 Å².